The summed E-state index contributed by atoms with van der Waals surface area (Å²) in [6, 6.07) is -1.38. The predicted molar refractivity (Wildman–Crippen MR) is 74.9 cm³/mol. The molecule has 2 saturated heterocycles. The van der Waals surface area contributed by atoms with E-state index in [-0.39, 0.29) is 24.0 Å². The first-order valence-electron chi connectivity index (χ1n) is 7.26. The van der Waals surface area contributed by atoms with Crippen LogP contribution < -0.4 is 10.6 Å². The molecular weight excluding hydrogens is 276 g/mol. The molecule has 4 amide bonds. The summed E-state index contributed by atoms with van der Waals surface area (Å²) in [6.45, 7) is 5.54. The number of rotatable bonds is 4. The highest BCUT2D eigenvalue weighted by molar-refractivity contribution is 5.83. The number of amides is 4. The summed E-state index contributed by atoms with van der Waals surface area (Å²) < 4.78 is 0. The van der Waals surface area contributed by atoms with Gasteiger partial charge in [0.05, 0.1) is 6.04 Å². The molecule has 3 N–H and O–H groups in total. The Morgan fingerprint density at radius 2 is 2.19 bits per heavy atom. The molecule has 2 aliphatic heterocycles. The van der Waals surface area contributed by atoms with Crippen molar-refractivity contribution >= 4 is 18.0 Å². The number of piperazine rings is 1. The van der Waals surface area contributed by atoms with Crippen molar-refractivity contribution in [3.05, 3.63) is 0 Å². The second-order valence-electron chi connectivity index (χ2n) is 5.63. The molecule has 1 unspecified atom stereocenters. The third-order valence-corrected chi connectivity index (χ3v) is 4.28. The zero-order chi connectivity index (χ0) is 15.6. The van der Waals surface area contributed by atoms with Crippen molar-refractivity contribution in [2.75, 3.05) is 26.2 Å². The molecule has 0 aromatic carbocycles. The molecule has 2 heterocycles. The quantitative estimate of drug-likeness (QED) is 0.674. The highest BCUT2D eigenvalue weighted by Crippen LogP contribution is 2.15. The Kier molecular flexibility index (Phi) is 4.54. The van der Waals surface area contributed by atoms with E-state index in [4.69, 9.17) is 0 Å². The van der Waals surface area contributed by atoms with Gasteiger partial charge in [0.1, 0.15) is 6.04 Å². The van der Waals surface area contributed by atoms with Crippen molar-refractivity contribution in [3.8, 4) is 0 Å². The molecule has 0 aromatic heterocycles. The number of nitrogens with zero attached hydrogens (tertiary/aromatic N) is 2. The second-order valence-corrected chi connectivity index (χ2v) is 5.63. The molecule has 0 aromatic rings. The smallest absolute Gasteiger partial charge is 0.326 e. The van der Waals surface area contributed by atoms with Crippen LogP contribution in [0.5, 0.6) is 0 Å². The first kappa shape index (κ1) is 15.4. The van der Waals surface area contributed by atoms with Gasteiger partial charge in [-0.1, -0.05) is 20.3 Å². The number of carboxylic acids is 1. The van der Waals surface area contributed by atoms with Gasteiger partial charge in [-0.3, -0.25) is 0 Å². The highest BCUT2D eigenvalue weighted by Gasteiger charge is 2.37. The van der Waals surface area contributed by atoms with E-state index in [1.54, 1.807) is 16.7 Å². The maximum absolute atomic E-state index is 12.2. The maximum atomic E-state index is 12.2. The molecule has 8 nitrogen and oxygen atoms in total. The lowest BCUT2D eigenvalue weighted by molar-refractivity contribution is -0.140. The molecule has 0 saturated carbocycles. The monoisotopic (exact) mass is 298 g/mol. The van der Waals surface area contributed by atoms with Crippen molar-refractivity contribution in [3.63, 3.8) is 0 Å². The Bertz CT molecular complexity index is 442. The summed E-state index contributed by atoms with van der Waals surface area (Å²) >= 11 is 0. The molecule has 2 rings (SSSR count). The molecule has 8 heteroatoms. The van der Waals surface area contributed by atoms with Gasteiger partial charge in [-0.2, -0.15) is 0 Å². The van der Waals surface area contributed by atoms with Crippen molar-refractivity contribution in [1.82, 2.24) is 20.4 Å². The van der Waals surface area contributed by atoms with Crippen molar-refractivity contribution in [1.29, 1.82) is 0 Å². The summed E-state index contributed by atoms with van der Waals surface area (Å²) in [4.78, 5) is 38.3. The number of hydrogen-bond donors (Lipinski definition) is 3. The van der Waals surface area contributed by atoms with Gasteiger partial charge < -0.3 is 25.5 Å². The number of carboxylic acid groups (broad SMARTS) is 1. The minimum absolute atomic E-state index is 0.0242. The van der Waals surface area contributed by atoms with E-state index in [1.807, 2.05) is 6.92 Å². The number of urea groups is 2. The third kappa shape index (κ3) is 3.20. The van der Waals surface area contributed by atoms with Gasteiger partial charge in [-0.05, 0) is 5.92 Å². The van der Waals surface area contributed by atoms with Crippen LogP contribution in [0.4, 0.5) is 9.59 Å². The zero-order valence-corrected chi connectivity index (χ0v) is 12.3. The van der Waals surface area contributed by atoms with Crippen molar-refractivity contribution in [2.24, 2.45) is 5.92 Å². The van der Waals surface area contributed by atoms with Gasteiger partial charge in [-0.25, -0.2) is 14.4 Å². The van der Waals surface area contributed by atoms with E-state index in [9.17, 15) is 19.5 Å². The number of fused-ring (bicyclic) bond motifs is 1. The van der Waals surface area contributed by atoms with E-state index in [1.165, 1.54) is 0 Å². The standard InChI is InChI=1S/C13H22N4O4/c1-3-8(2)10(11(18)19)15-13(21)16-4-5-17-9(7-16)6-14-12(17)20/h8-10H,3-7H2,1-2H3,(H,14,20)(H,15,21)(H,18,19)/t8-,9?,10-/m0/s1. The van der Waals surface area contributed by atoms with Crippen LogP contribution in [0.25, 0.3) is 0 Å². The lowest BCUT2D eigenvalue weighted by Crippen LogP contribution is -2.58. The van der Waals surface area contributed by atoms with Gasteiger partial charge in [-0.15, -0.1) is 0 Å². The Morgan fingerprint density at radius 1 is 1.48 bits per heavy atom. The molecule has 21 heavy (non-hydrogen) atoms. The van der Waals surface area contributed by atoms with Gasteiger partial charge in [0.15, 0.2) is 0 Å². The van der Waals surface area contributed by atoms with Crippen LogP contribution in [-0.2, 0) is 4.79 Å². The predicted octanol–water partition coefficient (Wildman–Crippen LogP) is -0.0953. The molecule has 0 bridgehead atoms. The second kappa shape index (κ2) is 6.19. The van der Waals surface area contributed by atoms with Gasteiger partial charge in [0.2, 0.25) is 0 Å². The fraction of sp³-hybridized carbons (Fsp3) is 0.769. The zero-order valence-electron chi connectivity index (χ0n) is 12.3. The average molecular weight is 298 g/mol. The van der Waals surface area contributed by atoms with Crippen molar-refractivity contribution in [2.45, 2.75) is 32.4 Å². The molecule has 2 aliphatic rings. The first-order chi connectivity index (χ1) is 9.93. The van der Waals surface area contributed by atoms with Crippen LogP contribution in [0.15, 0.2) is 0 Å². The van der Waals surface area contributed by atoms with Gasteiger partial charge in [0.25, 0.3) is 0 Å². The summed E-state index contributed by atoms with van der Waals surface area (Å²) in [5.74, 6) is -1.16. The molecule has 0 aliphatic carbocycles. The summed E-state index contributed by atoms with van der Waals surface area (Å²) in [6.07, 6.45) is 0.673. The molecule has 2 fully saturated rings. The highest BCUT2D eigenvalue weighted by atomic mass is 16.4. The minimum Gasteiger partial charge on any atom is -0.480 e. The normalized spacial score (nSPS) is 24.1. The molecule has 0 spiro atoms. The summed E-state index contributed by atoms with van der Waals surface area (Å²) in [5, 5.41) is 14.5. The Balaban J connectivity index is 1.94. The largest absolute Gasteiger partial charge is 0.480 e. The number of nitrogens with one attached hydrogen (secondary N) is 2. The lowest BCUT2D eigenvalue weighted by Gasteiger charge is -2.37. The Labute approximate surface area is 123 Å². The van der Waals surface area contributed by atoms with Crippen LogP contribution in [0, 0.1) is 5.92 Å². The summed E-state index contributed by atoms with van der Waals surface area (Å²) in [7, 11) is 0. The topological polar surface area (TPSA) is 102 Å². The number of hydrogen-bond acceptors (Lipinski definition) is 3. The number of carbonyl (C=O) groups excluding carboxylic acids is 2. The van der Waals surface area contributed by atoms with Crippen molar-refractivity contribution < 1.29 is 19.5 Å². The third-order valence-electron chi connectivity index (χ3n) is 4.28. The fourth-order valence-electron chi connectivity index (χ4n) is 2.70. The van der Waals surface area contributed by atoms with E-state index >= 15 is 0 Å². The van der Waals surface area contributed by atoms with Crippen LogP contribution in [0.1, 0.15) is 20.3 Å². The molecular formula is C13H22N4O4. The van der Waals surface area contributed by atoms with E-state index < -0.39 is 12.0 Å². The van der Waals surface area contributed by atoms with Gasteiger partial charge in [0, 0.05) is 26.2 Å². The first-order valence-corrected chi connectivity index (χ1v) is 7.26. The van der Waals surface area contributed by atoms with E-state index in [0.717, 1.165) is 0 Å². The number of carbonyl (C=O) groups is 3. The van der Waals surface area contributed by atoms with Crippen LogP contribution >= 0.6 is 0 Å². The molecule has 0 radical (unpaired) electrons. The fourth-order valence-corrected chi connectivity index (χ4v) is 2.70. The molecule has 118 valence electrons. The van der Waals surface area contributed by atoms with Gasteiger partial charge >= 0.3 is 18.0 Å². The molecule has 3 atom stereocenters. The minimum atomic E-state index is -1.02. The summed E-state index contributed by atoms with van der Waals surface area (Å²) in [5.41, 5.74) is 0. The lowest BCUT2D eigenvalue weighted by atomic mass is 9.99. The number of aliphatic carboxylic acids is 1. The average Bonchev–Trinajstić information content (AvgIpc) is 2.84. The van der Waals surface area contributed by atoms with Crippen LogP contribution in [0.2, 0.25) is 0 Å². The Hall–Kier alpha value is -1.99. The van der Waals surface area contributed by atoms with E-state index in [2.05, 4.69) is 10.6 Å². The van der Waals surface area contributed by atoms with E-state index in [0.29, 0.717) is 32.6 Å². The Morgan fingerprint density at radius 3 is 2.81 bits per heavy atom. The SMILES string of the molecule is CC[C@H](C)[C@H](NC(=O)N1CCN2C(=O)NCC2C1)C(=O)O. The van der Waals surface area contributed by atoms with Crippen LogP contribution in [-0.4, -0.2) is 71.2 Å². The van der Waals surface area contributed by atoms with Crippen LogP contribution in [0.3, 0.4) is 0 Å². The maximum Gasteiger partial charge on any atom is 0.326 e.